The van der Waals surface area contributed by atoms with Crippen molar-refractivity contribution in [3.63, 3.8) is 0 Å². The lowest BCUT2D eigenvalue weighted by Gasteiger charge is -1.95. The van der Waals surface area contributed by atoms with E-state index in [9.17, 15) is 0 Å². The zero-order valence-corrected chi connectivity index (χ0v) is 9.80. The molecule has 0 bridgehead atoms. The molecule has 1 unspecified atom stereocenters. The second-order valence-electron chi connectivity index (χ2n) is 2.77. The first kappa shape index (κ1) is 9.73. The molecule has 0 aliphatic rings. The predicted molar refractivity (Wildman–Crippen MR) is 58.8 cm³/mol. The number of aryl methyl sites for hydroxylation is 1. The van der Waals surface area contributed by atoms with E-state index in [0.717, 1.165) is 7.55 Å². The van der Waals surface area contributed by atoms with Gasteiger partial charge in [-0.25, -0.2) is 0 Å². The van der Waals surface area contributed by atoms with E-state index in [1.807, 2.05) is 0 Å². The molecule has 0 spiro atoms. The minimum absolute atomic E-state index is 1.15. The minimum atomic E-state index is 1.15. The van der Waals surface area contributed by atoms with E-state index < -0.39 is 0 Å². The standard InChI is InChI=1S/C8H15P3/c1-2-3-4-5-6-8-7-9-11-10-8/h7,11H,2-6H2,1H3. The van der Waals surface area contributed by atoms with Crippen molar-refractivity contribution in [1.29, 1.82) is 0 Å². The molecular formula is C8H15P3. The number of rotatable bonds is 5. The number of unbranched alkanes of at least 4 members (excludes halogenated alkanes) is 3. The van der Waals surface area contributed by atoms with Crippen LogP contribution in [0.3, 0.4) is 0 Å². The molecule has 0 aliphatic heterocycles. The zero-order chi connectivity index (χ0) is 7.94. The first-order valence-corrected chi connectivity index (χ1v) is 8.82. The molecule has 0 saturated carbocycles. The van der Waals surface area contributed by atoms with Crippen LogP contribution in [0.25, 0.3) is 0 Å². The summed E-state index contributed by atoms with van der Waals surface area (Å²) in [7, 11) is 4.36. The van der Waals surface area contributed by atoms with Gasteiger partial charge < -0.3 is 0 Å². The Kier molecular flexibility index (Phi) is 5.47. The Labute approximate surface area is 73.9 Å². The summed E-state index contributed by atoms with van der Waals surface area (Å²) >= 11 is 0. The van der Waals surface area contributed by atoms with E-state index >= 15 is 0 Å². The Balaban J connectivity index is 2.04. The Bertz CT molecular complexity index is 169. The molecule has 1 aromatic heterocycles. The van der Waals surface area contributed by atoms with Gasteiger partial charge in [0.05, 0.1) is 0 Å². The van der Waals surface area contributed by atoms with Gasteiger partial charge >= 0.3 is 0 Å². The van der Waals surface area contributed by atoms with Crippen molar-refractivity contribution in [3.8, 4) is 0 Å². The maximum Gasteiger partial charge on any atom is -0.0118 e. The molecule has 1 heterocycles. The topological polar surface area (TPSA) is 0 Å². The Morgan fingerprint density at radius 3 is 2.91 bits per heavy atom. The molecule has 1 aromatic rings. The third-order valence-electron chi connectivity index (χ3n) is 1.75. The number of hydrogen-bond acceptors (Lipinski definition) is 0. The number of hydrogen-bond donors (Lipinski definition) is 0. The van der Waals surface area contributed by atoms with Gasteiger partial charge in [-0.15, -0.1) is 0 Å². The lowest BCUT2D eigenvalue weighted by Crippen LogP contribution is -1.79. The van der Waals surface area contributed by atoms with Crippen LogP contribution in [0.1, 0.15) is 37.9 Å². The molecule has 0 fully saturated rings. The zero-order valence-electron chi connectivity index (χ0n) is 7.01. The van der Waals surface area contributed by atoms with Crippen molar-refractivity contribution in [1.82, 2.24) is 0 Å². The van der Waals surface area contributed by atoms with Crippen LogP contribution in [0, 0.1) is 0 Å². The molecule has 1 atom stereocenters. The fourth-order valence-corrected chi connectivity index (χ4v) is 6.85. The third-order valence-corrected chi connectivity index (χ3v) is 7.09. The highest BCUT2D eigenvalue weighted by Gasteiger charge is 1.92. The van der Waals surface area contributed by atoms with Gasteiger partial charge in [0, 0.05) is 0 Å². The Morgan fingerprint density at radius 1 is 1.36 bits per heavy atom. The van der Waals surface area contributed by atoms with Crippen LogP contribution in [0.4, 0.5) is 0 Å². The summed E-state index contributed by atoms with van der Waals surface area (Å²) < 4.78 is 0. The smallest absolute Gasteiger partial charge is 0.0118 e. The van der Waals surface area contributed by atoms with Gasteiger partial charge in [-0.05, 0) is 31.8 Å². The molecule has 1 rings (SSSR count). The van der Waals surface area contributed by atoms with Crippen LogP contribution in [0.2, 0.25) is 0 Å². The molecule has 0 N–H and O–H groups in total. The summed E-state index contributed by atoms with van der Waals surface area (Å²) in [6.07, 6.45) is 7.01. The van der Waals surface area contributed by atoms with Crippen molar-refractivity contribution < 1.29 is 0 Å². The fraction of sp³-hybridized carbons (Fsp3) is 0.750. The fourth-order valence-electron chi connectivity index (χ4n) is 1.08. The molecule has 0 aromatic carbocycles. The van der Waals surface area contributed by atoms with Gasteiger partial charge in [-0.2, -0.15) is 0 Å². The lowest BCUT2D eigenvalue weighted by atomic mass is 10.1. The van der Waals surface area contributed by atoms with Gasteiger partial charge in [0.2, 0.25) is 0 Å². The monoisotopic (exact) mass is 204 g/mol. The second kappa shape index (κ2) is 6.19. The quantitative estimate of drug-likeness (QED) is 0.592. The van der Waals surface area contributed by atoms with Gasteiger partial charge in [0.1, 0.15) is 0 Å². The summed E-state index contributed by atoms with van der Waals surface area (Å²) in [4.78, 5) is 0. The van der Waals surface area contributed by atoms with E-state index in [0.29, 0.717) is 0 Å². The maximum absolute atomic E-state index is 2.42. The lowest BCUT2D eigenvalue weighted by molar-refractivity contribution is 0.670. The van der Waals surface area contributed by atoms with E-state index in [4.69, 9.17) is 0 Å². The molecule has 0 amide bonds. The van der Waals surface area contributed by atoms with Crippen molar-refractivity contribution in [2.45, 2.75) is 39.0 Å². The summed E-state index contributed by atoms with van der Waals surface area (Å²) in [6.45, 7) is 2.27. The predicted octanol–water partition coefficient (Wildman–Crippen LogP) is 5.00. The first-order chi connectivity index (χ1) is 5.43. The van der Waals surface area contributed by atoms with Crippen LogP contribution < -0.4 is 0 Å². The normalized spacial score (nSPS) is 12.5. The van der Waals surface area contributed by atoms with Crippen LogP contribution in [0.15, 0.2) is 5.80 Å². The molecule has 3 heteroatoms. The molecule has 0 radical (unpaired) electrons. The summed E-state index contributed by atoms with van der Waals surface area (Å²) in [5.41, 5.74) is 0. The highest BCUT2D eigenvalue weighted by atomic mass is 32.1. The third kappa shape index (κ3) is 4.27. The van der Waals surface area contributed by atoms with Crippen LogP contribution in [0.5, 0.6) is 0 Å². The van der Waals surface area contributed by atoms with Crippen molar-refractivity contribution in [3.05, 3.63) is 11.1 Å². The highest BCUT2D eigenvalue weighted by molar-refractivity contribution is 8.17. The van der Waals surface area contributed by atoms with E-state index in [1.165, 1.54) is 32.1 Å². The average molecular weight is 204 g/mol. The van der Waals surface area contributed by atoms with Crippen molar-refractivity contribution in [2.75, 3.05) is 0 Å². The average Bonchev–Trinajstić information content (AvgIpc) is 2.50. The van der Waals surface area contributed by atoms with Gasteiger partial charge in [0.15, 0.2) is 0 Å². The molecule has 11 heavy (non-hydrogen) atoms. The molecule has 0 saturated heterocycles. The second-order valence-corrected chi connectivity index (χ2v) is 8.13. The van der Waals surface area contributed by atoms with Crippen LogP contribution in [-0.2, 0) is 6.42 Å². The Morgan fingerprint density at radius 2 is 2.27 bits per heavy atom. The van der Waals surface area contributed by atoms with Crippen molar-refractivity contribution >= 4 is 23.3 Å². The molecular weight excluding hydrogens is 189 g/mol. The van der Waals surface area contributed by atoms with E-state index in [1.54, 1.807) is 21.0 Å². The summed E-state index contributed by atoms with van der Waals surface area (Å²) in [5, 5.41) is 1.71. The maximum atomic E-state index is 2.42. The van der Waals surface area contributed by atoms with Gasteiger partial charge in [0.25, 0.3) is 0 Å². The van der Waals surface area contributed by atoms with Crippen LogP contribution >= 0.6 is 23.3 Å². The molecule has 62 valence electrons. The first-order valence-electron chi connectivity index (χ1n) is 4.28. The molecule has 0 nitrogen and oxygen atoms in total. The highest BCUT2D eigenvalue weighted by Crippen LogP contribution is 2.37. The minimum Gasteiger partial charge on any atom is -0.0816 e. The van der Waals surface area contributed by atoms with Crippen LogP contribution in [-0.4, -0.2) is 0 Å². The summed E-state index contributed by atoms with van der Waals surface area (Å²) in [6, 6.07) is 0. The Hall–Kier alpha value is 0.640. The van der Waals surface area contributed by atoms with Gasteiger partial charge in [-0.1, -0.05) is 41.6 Å². The van der Waals surface area contributed by atoms with Crippen molar-refractivity contribution in [2.24, 2.45) is 0 Å². The summed E-state index contributed by atoms with van der Waals surface area (Å²) in [5.74, 6) is 2.42. The largest absolute Gasteiger partial charge is 0.0816 e. The SMILES string of the molecule is CCCCCCc1cp[pH]p1. The molecule has 0 aliphatic carbocycles. The van der Waals surface area contributed by atoms with Gasteiger partial charge in [-0.3, -0.25) is 0 Å². The van der Waals surface area contributed by atoms with E-state index in [2.05, 4.69) is 12.7 Å². The van der Waals surface area contributed by atoms with E-state index in [-0.39, 0.29) is 0 Å².